The van der Waals surface area contributed by atoms with Crippen LogP contribution in [-0.2, 0) is 0 Å². The number of nitrogens with one attached hydrogen (secondary N) is 2. The fourth-order valence-corrected chi connectivity index (χ4v) is 2.34. The Morgan fingerprint density at radius 2 is 2.41 bits per heavy atom. The van der Waals surface area contributed by atoms with Gasteiger partial charge in [-0.25, -0.2) is 4.39 Å². The molecule has 1 unspecified atom stereocenters. The van der Waals surface area contributed by atoms with E-state index in [4.69, 9.17) is 0 Å². The van der Waals surface area contributed by atoms with Crippen molar-refractivity contribution in [1.29, 1.82) is 0 Å². The molecule has 1 amide bonds. The van der Waals surface area contributed by atoms with Gasteiger partial charge >= 0.3 is 0 Å². The predicted octanol–water partition coefficient (Wildman–Crippen LogP) is 1.93. The first kappa shape index (κ1) is 12.5. The lowest BCUT2D eigenvalue weighted by atomic mass is 10.1. The van der Waals surface area contributed by atoms with Crippen LogP contribution in [0.3, 0.4) is 0 Å². The average molecular weight is 301 g/mol. The van der Waals surface area contributed by atoms with Crippen molar-refractivity contribution in [3.05, 3.63) is 34.1 Å². The van der Waals surface area contributed by atoms with Gasteiger partial charge in [-0.2, -0.15) is 0 Å². The van der Waals surface area contributed by atoms with E-state index in [2.05, 4.69) is 26.6 Å². The lowest BCUT2D eigenvalue weighted by Gasteiger charge is -2.11. The molecule has 2 rings (SSSR count). The Kier molecular flexibility index (Phi) is 4.12. The van der Waals surface area contributed by atoms with Gasteiger partial charge in [-0.3, -0.25) is 4.79 Å². The molecule has 0 aromatic heterocycles. The summed E-state index contributed by atoms with van der Waals surface area (Å²) in [7, 11) is 0. The molecule has 1 aromatic rings. The maximum Gasteiger partial charge on any atom is 0.252 e. The molecule has 1 saturated heterocycles. The maximum atomic E-state index is 13.2. The summed E-state index contributed by atoms with van der Waals surface area (Å²) >= 11 is 3.09. The summed E-state index contributed by atoms with van der Waals surface area (Å²) in [6, 6.07) is 4.46. The minimum atomic E-state index is -0.416. The van der Waals surface area contributed by atoms with Crippen LogP contribution in [0.15, 0.2) is 22.7 Å². The minimum absolute atomic E-state index is 0.224. The van der Waals surface area contributed by atoms with E-state index >= 15 is 0 Å². The van der Waals surface area contributed by atoms with Gasteiger partial charge in [0, 0.05) is 6.54 Å². The van der Waals surface area contributed by atoms with E-state index in [0.717, 1.165) is 19.5 Å². The second kappa shape index (κ2) is 5.60. The highest BCUT2D eigenvalue weighted by molar-refractivity contribution is 9.10. The zero-order chi connectivity index (χ0) is 12.3. The first-order valence-electron chi connectivity index (χ1n) is 5.61. The third kappa shape index (κ3) is 3.04. The van der Waals surface area contributed by atoms with Crippen molar-refractivity contribution < 1.29 is 9.18 Å². The highest BCUT2D eigenvalue weighted by atomic mass is 79.9. The predicted molar refractivity (Wildman–Crippen MR) is 67.4 cm³/mol. The van der Waals surface area contributed by atoms with Gasteiger partial charge in [0.2, 0.25) is 0 Å². The second-order valence-electron chi connectivity index (χ2n) is 4.17. The standard InChI is InChI=1S/C12H14BrFN2O/c13-11-9(2-1-3-10(11)14)12(17)16-7-8-4-5-15-6-8/h1-3,8,15H,4-7H2,(H,16,17). The molecule has 92 valence electrons. The van der Waals surface area contributed by atoms with Crippen molar-refractivity contribution >= 4 is 21.8 Å². The van der Waals surface area contributed by atoms with E-state index < -0.39 is 5.82 Å². The summed E-state index contributed by atoms with van der Waals surface area (Å²) in [6.45, 7) is 2.57. The van der Waals surface area contributed by atoms with Crippen LogP contribution in [0, 0.1) is 11.7 Å². The van der Waals surface area contributed by atoms with Crippen LogP contribution >= 0.6 is 15.9 Å². The number of carbonyl (C=O) groups is 1. The van der Waals surface area contributed by atoms with Crippen molar-refractivity contribution in [2.75, 3.05) is 19.6 Å². The van der Waals surface area contributed by atoms with E-state index in [1.54, 1.807) is 6.07 Å². The SMILES string of the molecule is O=C(NCC1CCNC1)c1cccc(F)c1Br. The van der Waals surface area contributed by atoms with Crippen LogP contribution in [-0.4, -0.2) is 25.5 Å². The van der Waals surface area contributed by atoms with Crippen molar-refractivity contribution in [2.45, 2.75) is 6.42 Å². The Hall–Kier alpha value is -0.940. The maximum absolute atomic E-state index is 13.2. The van der Waals surface area contributed by atoms with Crippen LogP contribution in [0.4, 0.5) is 4.39 Å². The lowest BCUT2D eigenvalue weighted by molar-refractivity contribution is 0.0947. The van der Waals surface area contributed by atoms with Crippen LogP contribution in [0.1, 0.15) is 16.8 Å². The summed E-state index contributed by atoms with van der Waals surface area (Å²) in [6.07, 6.45) is 1.07. The molecular weight excluding hydrogens is 287 g/mol. The molecule has 17 heavy (non-hydrogen) atoms. The fourth-order valence-electron chi connectivity index (χ4n) is 1.90. The second-order valence-corrected chi connectivity index (χ2v) is 4.96. The van der Waals surface area contributed by atoms with E-state index in [1.165, 1.54) is 12.1 Å². The number of carbonyl (C=O) groups excluding carboxylic acids is 1. The number of halogens is 2. The van der Waals surface area contributed by atoms with Gasteiger partial charge < -0.3 is 10.6 Å². The van der Waals surface area contributed by atoms with Gasteiger partial charge in [-0.1, -0.05) is 6.07 Å². The van der Waals surface area contributed by atoms with Crippen molar-refractivity contribution in [1.82, 2.24) is 10.6 Å². The molecule has 1 aliphatic heterocycles. The van der Waals surface area contributed by atoms with E-state index in [1.807, 2.05) is 0 Å². The van der Waals surface area contributed by atoms with Crippen LogP contribution in [0.5, 0.6) is 0 Å². The van der Waals surface area contributed by atoms with Crippen LogP contribution in [0.2, 0.25) is 0 Å². The molecular formula is C12H14BrFN2O. The highest BCUT2D eigenvalue weighted by Crippen LogP contribution is 2.20. The monoisotopic (exact) mass is 300 g/mol. The molecule has 1 fully saturated rings. The highest BCUT2D eigenvalue weighted by Gasteiger charge is 2.17. The number of hydrogen-bond acceptors (Lipinski definition) is 2. The molecule has 0 bridgehead atoms. The van der Waals surface area contributed by atoms with Crippen LogP contribution < -0.4 is 10.6 Å². The van der Waals surface area contributed by atoms with Gasteiger partial charge in [0.05, 0.1) is 10.0 Å². The zero-order valence-electron chi connectivity index (χ0n) is 9.30. The molecule has 1 atom stereocenters. The third-order valence-electron chi connectivity index (χ3n) is 2.91. The van der Waals surface area contributed by atoms with Gasteiger partial charge in [0.1, 0.15) is 5.82 Å². The van der Waals surface area contributed by atoms with Gasteiger partial charge in [0.25, 0.3) is 5.91 Å². The van der Waals surface area contributed by atoms with Crippen molar-refractivity contribution in [3.63, 3.8) is 0 Å². The summed E-state index contributed by atoms with van der Waals surface area (Å²) in [5, 5.41) is 6.07. The summed E-state index contributed by atoms with van der Waals surface area (Å²) in [5.74, 6) is -0.172. The van der Waals surface area contributed by atoms with E-state index in [-0.39, 0.29) is 10.4 Å². The number of benzene rings is 1. The topological polar surface area (TPSA) is 41.1 Å². The summed E-state index contributed by atoms with van der Waals surface area (Å²) < 4.78 is 13.5. The smallest absolute Gasteiger partial charge is 0.252 e. The molecule has 3 nitrogen and oxygen atoms in total. The Balaban J connectivity index is 1.97. The van der Waals surface area contributed by atoms with Gasteiger partial charge in [-0.05, 0) is 53.5 Å². The molecule has 1 aromatic carbocycles. The van der Waals surface area contributed by atoms with Gasteiger partial charge in [0.15, 0.2) is 0 Å². The first-order valence-corrected chi connectivity index (χ1v) is 6.40. The Bertz CT molecular complexity index is 419. The lowest BCUT2D eigenvalue weighted by Crippen LogP contribution is -2.30. The van der Waals surface area contributed by atoms with Gasteiger partial charge in [-0.15, -0.1) is 0 Å². The normalized spacial score (nSPS) is 19.3. The van der Waals surface area contributed by atoms with Crippen LogP contribution in [0.25, 0.3) is 0 Å². The van der Waals surface area contributed by atoms with E-state index in [9.17, 15) is 9.18 Å². The third-order valence-corrected chi connectivity index (χ3v) is 3.72. The number of rotatable bonds is 3. The molecule has 0 saturated carbocycles. The summed E-state index contributed by atoms with van der Waals surface area (Å²) in [4.78, 5) is 11.8. The largest absolute Gasteiger partial charge is 0.352 e. The van der Waals surface area contributed by atoms with Crippen molar-refractivity contribution in [2.24, 2.45) is 5.92 Å². The van der Waals surface area contributed by atoms with E-state index in [0.29, 0.717) is 18.0 Å². The first-order chi connectivity index (χ1) is 8.18. The average Bonchev–Trinajstić information content (AvgIpc) is 2.82. The Morgan fingerprint density at radius 1 is 1.59 bits per heavy atom. The zero-order valence-corrected chi connectivity index (χ0v) is 10.9. The number of amides is 1. The Labute approximate surface area is 108 Å². The molecule has 0 radical (unpaired) electrons. The van der Waals surface area contributed by atoms with Crippen molar-refractivity contribution in [3.8, 4) is 0 Å². The minimum Gasteiger partial charge on any atom is -0.352 e. The summed E-state index contributed by atoms with van der Waals surface area (Å²) in [5.41, 5.74) is 0.343. The molecule has 2 N–H and O–H groups in total. The molecule has 0 spiro atoms. The Morgan fingerprint density at radius 3 is 3.12 bits per heavy atom. The molecule has 5 heteroatoms. The molecule has 1 heterocycles. The number of hydrogen-bond donors (Lipinski definition) is 2. The quantitative estimate of drug-likeness (QED) is 0.895. The fraction of sp³-hybridized carbons (Fsp3) is 0.417. The molecule has 1 aliphatic rings. The molecule has 0 aliphatic carbocycles.